The van der Waals surface area contributed by atoms with Crippen molar-refractivity contribution in [3.8, 4) is 5.75 Å². The Kier molecular flexibility index (Phi) is 3.46. The predicted octanol–water partition coefficient (Wildman–Crippen LogP) is 1.96. The maximum Gasteiger partial charge on any atom is 0.120 e. The van der Waals surface area contributed by atoms with Crippen LogP contribution in [-0.2, 0) is 0 Å². The van der Waals surface area contributed by atoms with Crippen molar-refractivity contribution in [2.24, 2.45) is 11.8 Å². The molecule has 3 nitrogen and oxygen atoms in total. The van der Waals surface area contributed by atoms with Crippen LogP contribution in [0.15, 0.2) is 24.3 Å². The highest BCUT2D eigenvalue weighted by molar-refractivity contribution is 6.30. The van der Waals surface area contributed by atoms with Crippen molar-refractivity contribution < 1.29 is 4.74 Å². The van der Waals surface area contributed by atoms with E-state index in [2.05, 4.69) is 5.43 Å². The molecule has 82 valence electrons. The molecule has 0 radical (unpaired) electrons. The van der Waals surface area contributed by atoms with Gasteiger partial charge >= 0.3 is 0 Å². The van der Waals surface area contributed by atoms with Gasteiger partial charge in [0.15, 0.2) is 0 Å². The number of rotatable bonds is 5. The van der Waals surface area contributed by atoms with Crippen molar-refractivity contribution in [1.29, 1.82) is 0 Å². The van der Waals surface area contributed by atoms with Crippen molar-refractivity contribution in [2.45, 2.75) is 18.9 Å². The van der Waals surface area contributed by atoms with Crippen LogP contribution in [0, 0.1) is 5.92 Å². The lowest BCUT2D eigenvalue weighted by Gasteiger charge is -2.15. The van der Waals surface area contributed by atoms with Crippen LogP contribution in [0.5, 0.6) is 5.75 Å². The van der Waals surface area contributed by atoms with E-state index in [0.717, 1.165) is 5.75 Å². The van der Waals surface area contributed by atoms with Crippen LogP contribution >= 0.6 is 11.6 Å². The van der Waals surface area contributed by atoms with E-state index in [4.69, 9.17) is 22.2 Å². The highest BCUT2D eigenvalue weighted by atomic mass is 35.5. The lowest BCUT2D eigenvalue weighted by molar-refractivity contribution is 0.250. The van der Waals surface area contributed by atoms with Gasteiger partial charge in [0.2, 0.25) is 0 Å². The van der Waals surface area contributed by atoms with Crippen LogP contribution in [0.2, 0.25) is 5.02 Å². The van der Waals surface area contributed by atoms with E-state index in [9.17, 15) is 0 Å². The Bertz CT molecular complexity index is 328. The second-order valence-electron chi connectivity index (χ2n) is 3.88. The predicted molar refractivity (Wildman–Crippen MR) is 60.8 cm³/mol. The number of ether oxygens (including phenoxy) is 1. The summed E-state index contributed by atoms with van der Waals surface area (Å²) in [5, 5.41) is 0.691. The van der Waals surface area contributed by atoms with E-state index in [1.165, 1.54) is 12.8 Å². The quantitative estimate of drug-likeness (QED) is 0.596. The van der Waals surface area contributed by atoms with Gasteiger partial charge in [-0.2, -0.15) is 0 Å². The SMILES string of the molecule is NNC(COc1cccc(Cl)c1)C1CC1. The van der Waals surface area contributed by atoms with Gasteiger partial charge in [-0.3, -0.25) is 11.3 Å². The van der Waals surface area contributed by atoms with Gasteiger partial charge in [0.25, 0.3) is 0 Å². The lowest BCUT2D eigenvalue weighted by atomic mass is 10.2. The largest absolute Gasteiger partial charge is 0.492 e. The van der Waals surface area contributed by atoms with Crippen LogP contribution in [0.4, 0.5) is 0 Å². The summed E-state index contributed by atoms with van der Waals surface area (Å²) in [4.78, 5) is 0. The number of benzene rings is 1. The van der Waals surface area contributed by atoms with Gasteiger partial charge in [0.05, 0.1) is 6.04 Å². The number of nitrogens with one attached hydrogen (secondary N) is 1. The first kappa shape index (κ1) is 10.7. The van der Waals surface area contributed by atoms with Crippen molar-refractivity contribution in [2.75, 3.05) is 6.61 Å². The molecule has 1 aromatic carbocycles. The molecule has 1 saturated carbocycles. The number of hydrazine groups is 1. The molecule has 0 bridgehead atoms. The van der Waals surface area contributed by atoms with E-state index in [-0.39, 0.29) is 6.04 Å². The average Bonchev–Trinajstić information content (AvgIpc) is 3.03. The fourth-order valence-electron chi connectivity index (χ4n) is 1.56. The molecule has 1 unspecified atom stereocenters. The fraction of sp³-hybridized carbons (Fsp3) is 0.455. The van der Waals surface area contributed by atoms with E-state index in [1.807, 2.05) is 24.3 Å². The Balaban J connectivity index is 1.86. The monoisotopic (exact) mass is 226 g/mol. The third-order valence-electron chi connectivity index (χ3n) is 2.63. The summed E-state index contributed by atoms with van der Waals surface area (Å²) in [5.74, 6) is 6.92. The minimum absolute atomic E-state index is 0.254. The standard InChI is InChI=1S/C11H15ClN2O/c12-9-2-1-3-10(6-9)15-7-11(14-13)8-4-5-8/h1-3,6,8,11,14H,4-5,7,13H2. The van der Waals surface area contributed by atoms with Crippen LogP contribution in [0.1, 0.15) is 12.8 Å². The summed E-state index contributed by atoms with van der Waals surface area (Å²) in [6, 6.07) is 7.66. The molecule has 0 amide bonds. The Labute approximate surface area is 94.5 Å². The molecule has 0 heterocycles. The summed E-state index contributed by atoms with van der Waals surface area (Å²) in [7, 11) is 0. The smallest absolute Gasteiger partial charge is 0.120 e. The van der Waals surface area contributed by atoms with Crippen molar-refractivity contribution >= 4 is 11.6 Å². The summed E-state index contributed by atoms with van der Waals surface area (Å²) in [6.45, 7) is 0.599. The van der Waals surface area contributed by atoms with Crippen LogP contribution < -0.4 is 16.0 Å². The topological polar surface area (TPSA) is 47.3 Å². The summed E-state index contributed by atoms with van der Waals surface area (Å²) >= 11 is 5.85. The molecule has 2 rings (SSSR count). The highest BCUT2D eigenvalue weighted by Gasteiger charge is 2.30. The molecular formula is C11H15ClN2O. The molecule has 3 N–H and O–H groups in total. The van der Waals surface area contributed by atoms with Crippen molar-refractivity contribution in [1.82, 2.24) is 5.43 Å². The molecule has 0 spiro atoms. The van der Waals surface area contributed by atoms with Crippen molar-refractivity contribution in [3.05, 3.63) is 29.3 Å². The van der Waals surface area contributed by atoms with Crippen LogP contribution in [0.25, 0.3) is 0 Å². The lowest BCUT2D eigenvalue weighted by Crippen LogP contribution is -2.41. The molecular weight excluding hydrogens is 212 g/mol. The highest BCUT2D eigenvalue weighted by Crippen LogP contribution is 2.32. The van der Waals surface area contributed by atoms with Gasteiger partial charge in [-0.1, -0.05) is 17.7 Å². The molecule has 15 heavy (non-hydrogen) atoms. The number of hydrogen-bond donors (Lipinski definition) is 2. The van der Waals surface area contributed by atoms with E-state index < -0.39 is 0 Å². The zero-order valence-corrected chi connectivity index (χ0v) is 9.20. The molecule has 1 fully saturated rings. The van der Waals surface area contributed by atoms with Gasteiger partial charge in [-0.15, -0.1) is 0 Å². The number of nitrogens with two attached hydrogens (primary N) is 1. The summed E-state index contributed by atoms with van der Waals surface area (Å²) < 4.78 is 5.61. The van der Waals surface area contributed by atoms with Gasteiger partial charge in [-0.05, 0) is 37.0 Å². The summed E-state index contributed by atoms with van der Waals surface area (Å²) in [6.07, 6.45) is 2.49. The van der Waals surface area contributed by atoms with Crippen molar-refractivity contribution in [3.63, 3.8) is 0 Å². The molecule has 1 aromatic rings. The summed E-state index contributed by atoms with van der Waals surface area (Å²) in [5.41, 5.74) is 2.79. The number of hydrogen-bond acceptors (Lipinski definition) is 3. The number of halogens is 1. The maximum atomic E-state index is 5.85. The first-order valence-electron chi connectivity index (χ1n) is 5.14. The molecule has 0 saturated heterocycles. The van der Waals surface area contributed by atoms with Gasteiger partial charge in [-0.25, -0.2) is 0 Å². The van der Waals surface area contributed by atoms with Gasteiger partial charge < -0.3 is 4.74 Å². The third-order valence-corrected chi connectivity index (χ3v) is 2.87. The molecule has 0 aliphatic heterocycles. The minimum Gasteiger partial charge on any atom is -0.492 e. The minimum atomic E-state index is 0.254. The Hall–Kier alpha value is -0.770. The van der Waals surface area contributed by atoms with Crippen LogP contribution in [-0.4, -0.2) is 12.6 Å². The maximum absolute atomic E-state index is 5.85. The van der Waals surface area contributed by atoms with E-state index >= 15 is 0 Å². The van der Waals surface area contributed by atoms with Gasteiger partial charge in [0, 0.05) is 5.02 Å². The van der Waals surface area contributed by atoms with Gasteiger partial charge in [0.1, 0.15) is 12.4 Å². The average molecular weight is 227 g/mol. The second kappa shape index (κ2) is 4.84. The van der Waals surface area contributed by atoms with E-state index in [0.29, 0.717) is 17.5 Å². The normalized spacial score (nSPS) is 17.5. The second-order valence-corrected chi connectivity index (χ2v) is 4.32. The molecule has 4 heteroatoms. The van der Waals surface area contributed by atoms with Crippen LogP contribution in [0.3, 0.4) is 0 Å². The molecule has 1 atom stereocenters. The fourth-order valence-corrected chi connectivity index (χ4v) is 1.74. The molecule has 1 aliphatic carbocycles. The zero-order chi connectivity index (χ0) is 10.7. The first-order valence-corrected chi connectivity index (χ1v) is 5.52. The zero-order valence-electron chi connectivity index (χ0n) is 8.45. The van der Waals surface area contributed by atoms with E-state index in [1.54, 1.807) is 0 Å². The molecule has 1 aliphatic rings. The third kappa shape index (κ3) is 3.09. The Morgan fingerprint density at radius 3 is 2.93 bits per heavy atom. The Morgan fingerprint density at radius 1 is 1.53 bits per heavy atom. The molecule has 0 aromatic heterocycles. The Morgan fingerprint density at radius 2 is 2.33 bits per heavy atom. The first-order chi connectivity index (χ1) is 7.29.